The number of nitrogens with one attached hydrogen (secondary N) is 3. The average Bonchev–Trinajstić information content (AvgIpc) is 0.790. The monoisotopic (exact) mass is 1470 g/mol. The zero-order chi connectivity index (χ0) is 78.3. The van der Waals surface area contributed by atoms with E-state index in [1.807, 2.05) is 166 Å². The lowest BCUT2D eigenvalue weighted by Crippen LogP contribution is -2.38. The third-order valence-corrected chi connectivity index (χ3v) is 24.1. The molecule has 2 unspecified atom stereocenters. The highest BCUT2D eigenvalue weighted by Gasteiger charge is 2.52. The van der Waals surface area contributed by atoms with E-state index in [9.17, 15) is 51.6 Å². The zero-order valence-corrected chi connectivity index (χ0v) is 70.3. The summed E-state index contributed by atoms with van der Waals surface area (Å²) in [5.41, 5.74) is -2.10. The number of methoxy groups -OCH3 is 1. The normalized spacial score (nSPS) is 13.4. The number of rotatable bonds is 23. The summed E-state index contributed by atoms with van der Waals surface area (Å²) in [4.78, 5) is 101. The molecule has 0 aliphatic heterocycles. The molecule has 26 nitrogen and oxygen atoms in total. The second-order valence-electron chi connectivity index (χ2n) is 29.8. The Bertz CT molecular complexity index is 2250. The molecule has 95 heavy (non-hydrogen) atoms. The number of Topliss-reactive ketones (excluding diaryl/α,β-unsaturated/α-hetero) is 1. The minimum Gasteiger partial charge on any atom is -0.469 e. The fourth-order valence-corrected chi connectivity index (χ4v) is 17.2. The van der Waals surface area contributed by atoms with Crippen molar-refractivity contribution < 1.29 is 108 Å². The number of carbonyl (C=O) groups is 6. The third-order valence-electron chi connectivity index (χ3n) is 11.3. The average molecular weight is 1470 g/mol. The van der Waals surface area contributed by atoms with Gasteiger partial charge in [-0.3, -0.25) is 51.6 Å². The smallest absolute Gasteiger partial charge is 0.345 e. The van der Waals surface area contributed by atoms with Crippen molar-refractivity contribution in [2.24, 2.45) is 37.9 Å². The maximum absolute atomic E-state index is 13.2. The highest BCUT2D eigenvalue weighted by Crippen LogP contribution is 2.72. The molecular formula is C64H140N3O23P5. The first-order valence-electron chi connectivity index (χ1n) is 32.4. The molecule has 0 aromatic rings. The van der Waals surface area contributed by atoms with Crippen LogP contribution in [0.2, 0.25) is 0 Å². The van der Waals surface area contributed by atoms with Crippen LogP contribution in [0.4, 0.5) is 0 Å². The molecule has 2 atom stereocenters. The van der Waals surface area contributed by atoms with E-state index < -0.39 is 71.3 Å². The second kappa shape index (κ2) is 48.6. The Balaban J connectivity index is -0.000000157. The van der Waals surface area contributed by atoms with E-state index in [1.165, 1.54) is 7.11 Å². The van der Waals surface area contributed by atoms with Gasteiger partial charge in [0.1, 0.15) is 11.8 Å². The number of hydrogen-bond acceptors (Lipinski definition) is 19. The van der Waals surface area contributed by atoms with Gasteiger partial charge >= 0.3 is 48.3 Å². The number of carbonyl (C=O) groups excluding carboxylic acids is 6. The molecule has 7 N–H and O–H groups in total. The van der Waals surface area contributed by atoms with Crippen molar-refractivity contribution in [3.63, 3.8) is 0 Å². The van der Waals surface area contributed by atoms with Crippen LogP contribution < -0.4 is 15.7 Å². The lowest BCUT2D eigenvalue weighted by molar-refractivity contribution is -0.152. The molecule has 0 radical (unpaired) electrons. The molecule has 574 valence electrons. The number of amides is 2. The van der Waals surface area contributed by atoms with Gasteiger partial charge in [0.25, 0.3) is 7.52 Å². The summed E-state index contributed by atoms with van der Waals surface area (Å²) in [5.74, 6) is -0.195. The number of hydrogen-bond donors (Lipinski definition) is 7. The molecular weight excluding hydrogens is 1330 g/mol. The topological polar surface area (TPSA) is 379 Å². The fourth-order valence-electron chi connectivity index (χ4n) is 6.23. The Labute approximate surface area is 576 Å². The SMILES string of the molecule is CC(C)(C)CC(P(=O)(O)O)P(=O)(O)O.CCC(=O)C(C)(C)C.CCNC(=O)C(C)(C)C.CCOC(=O)C(C)(C)C.CCOC(=O)C(C)NP(=O)(OCC)C(C)(C)C.CCOP(=O)(OCC)C(CC(C)(C)C)P(=O)(OCC)OCC.CNC(=O)C(C)(C)C.COC(=O)C(C)(C)C. The first kappa shape index (κ1) is 109. The van der Waals surface area contributed by atoms with E-state index >= 15 is 0 Å². The summed E-state index contributed by atoms with van der Waals surface area (Å²) in [5, 5.41) is 4.70. The summed E-state index contributed by atoms with van der Waals surface area (Å²) >= 11 is 0. The lowest BCUT2D eigenvalue weighted by atomic mass is 9.90. The van der Waals surface area contributed by atoms with Crippen molar-refractivity contribution in [3.05, 3.63) is 0 Å². The van der Waals surface area contributed by atoms with Gasteiger partial charge in [0.05, 0.1) is 69.3 Å². The van der Waals surface area contributed by atoms with Gasteiger partial charge in [0.2, 0.25) is 11.8 Å². The van der Waals surface area contributed by atoms with Gasteiger partial charge in [0.15, 0.2) is 10.8 Å². The molecule has 0 fully saturated rings. The minimum absolute atomic E-state index is 0.0810. The summed E-state index contributed by atoms with van der Waals surface area (Å²) in [6.07, 6.45) is 0.784. The van der Waals surface area contributed by atoms with Crippen LogP contribution in [-0.2, 0) is 88.4 Å². The molecule has 0 aromatic heterocycles. The molecule has 0 rings (SSSR count). The van der Waals surface area contributed by atoms with E-state index in [-0.39, 0.29) is 89.1 Å². The maximum Gasteiger partial charge on any atom is 0.345 e. The first-order chi connectivity index (χ1) is 42.0. The third kappa shape index (κ3) is 56.1. The quantitative estimate of drug-likeness (QED) is 0.0284. The highest BCUT2D eigenvalue weighted by molar-refractivity contribution is 7.72. The number of esters is 3. The number of ketones is 1. The molecule has 2 amide bonds. The van der Waals surface area contributed by atoms with Gasteiger partial charge in [-0.2, -0.15) is 0 Å². The van der Waals surface area contributed by atoms with Crippen LogP contribution in [0, 0.1) is 37.9 Å². The molecule has 31 heteroatoms. The number of ether oxygens (including phenoxy) is 3. The van der Waals surface area contributed by atoms with Crippen molar-refractivity contribution in [2.75, 3.05) is 67.0 Å². The second-order valence-corrected chi connectivity index (χ2v) is 41.7. The molecule has 0 aromatic carbocycles. The van der Waals surface area contributed by atoms with Gasteiger partial charge in [-0.05, 0) is 148 Å². The zero-order valence-electron chi connectivity index (χ0n) is 65.8. The van der Waals surface area contributed by atoms with Gasteiger partial charge in [0, 0.05) is 36.3 Å². The first-order valence-corrected chi connectivity index (χ1v) is 40.6. The van der Waals surface area contributed by atoms with Crippen LogP contribution in [0.5, 0.6) is 0 Å². The highest BCUT2D eigenvalue weighted by atomic mass is 31.2. The van der Waals surface area contributed by atoms with Gasteiger partial charge in [-0.1, -0.05) is 111 Å². The molecule has 0 aliphatic carbocycles. The summed E-state index contributed by atoms with van der Waals surface area (Å²) in [7, 11) is -16.8. The van der Waals surface area contributed by atoms with E-state index in [2.05, 4.69) is 20.5 Å². The van der Waals surface area contributed by atoms with Crippen molar-refractivity contribution in [1.82, 2.24) is 15.7 Å². The Morgan fingerprint density at radius 3 is 0.874 bits per heavy atom. The van der Waals surface area contributed by atoms with Crippen LogP contribution in [0.1, 0.15) is 255 Å². The van der Waals surface area contributed by atoms with Gasteiger partial charge in [-0.25, -0.2) is 5.09 Å². The van der Waals surface area contributed by atoms with E-state index in [1.54, 1.807) is 76.3 Å². The van der Waals surface area contributed by atoms with Crippen molar-refractivity contribution in [1.29, 1.82) is 0 Å². The maximum atomic E-state index is 13.2. The Hall–Kier alpha value is -2.23. The van der Waals surface area contributed by atoms with Crippen molar-refractivity contribution in [3.8, 4) is 0 Å². The largest absolute Gasteiger partial charge is 0.469 e. The standard InChI is InChI=1S/C14H32O6P2.C11H24NO4P.C7H15NO.C7H14O2.C7H14O.C6H13NO.C6H16O6P2.C6H12O2/c1-8-17-21(15,18-9-2)13(12-14(5,6)7)22(16,19-10-3)20-11-4;1-7-15-10(13)9(3)12-17(14,16-8-2)11(4,5)6;1-5-8-6(9)7(2,3)4;1-5-9-6(8)7(2,3)4;1-5-6(8)7(2,3)4;1-6(2,3)5(8)7-4;1-6(2,3)4-5(13(7,8)9)14(10,11)12;1-6(2,3)5(7)8-4/h13H,8-12H2,1-7H3;9H,7-8H2,1-6H3,(H,12,14);5H2,1-4H3,(H,8,9);5H2,1-4H3;5H2,1-4H3;1-4H3,(H,7,8);5H,4H2,1-3H3,(H2,7,8,9)(H2,10,11,12);1-4H3. The predicted molar refractivity (Wildman–Crippen MR) is 384 cm³/mol. The van der Waals surface area contributed by atoms with Crippen molar-refractivity contribution >= 4 is 73.4 Å². The molecule has 0 aliphatic rings. The van der Waals surface area contributed by atoms with Crippen LogP contribution in [0.25, 0.3) is 0 Å². The molecule has 0 spiro atoms. The Kier molecular flexibility index (Phi) is 55.6. The molecule has 0 saturated carbocycles. The predicted octanol–water partition coefficient (Wildman–Crippen LogP) is 15.7. The van der Waals surface area contributed by atoms with E-state index in [4.69, 9.17) is 51.7 Å². The summed E-state index contributed by atoms with van der Waals surface area (Å²) in [6, 6.07) is -0.647. The van der Waals surface area contributed by atoms with Gasteiger partial charge < -0.3 is 67.0 Å². The Morgan fingerprint density at radius 2 is 0.737 bits per heavy atom. The summed E-state index contributed by atoms with van der Waals surface area (Å²) < 4.78 is 102. The van der Waals surface area contributed by atoms with Crippen molar-refractivity contribution in [2.45, 2.75) is 277 Å². The molecule has 0 heterocycles. The van der Waals surface area contributed by atoms with Gasteiger partial charge in [-0.15, -0.1) is 0 Å². The van der Waals surface area contributed by atoms with Crippen LogP contribution >= 0.6 is 37.9 Å². The van der Waals surface area contributed by atoms with Crippen LogP contribution in [0.3, 0.4) is 0 Å². The van der Waals surface area contributed by atoms with Crippen LogP contribution in [0.15, 0.2) is 0 Å². The Morgan fingerprint density at radius 1 is 0.421 bits per heavy atom. The molecule has 0 bridgehead atoms. The molecule has 0 saturated heterocycles. The van der Waals surface area contributed by atoms with E-state index in [0.29, 0.717) is 38.4 Å². The van der Waals surface area contributed by atoms with E-state index in [0.717, 1.165) is 6.54 Å². The lowest BCUT2D eigenvalue weighted by Gasteiger charge is -2.34. The minimum atomic E-state index is -4.76. The summed E-state index contributed by atoms with van der Waals surface area (Å²) in [6.45, 7) is 64.8. The fraction of sp³-hybridized carbons (Fsp3) is 0.906. The van der Waals surface area contributed by atoms with Crippen LogP contribution in [-0.4, -0.2) is 144 Å².